The summed E-state index contributed by atoms with van der Waals surface area (Å²) in [6.07, 6.45) is 0. The molecular formula is C9H19NO4P+. The summed E-state index contributed by atoms with van der Waals surface area (Å²) in [4.78, 5) is 10.9. The number of hydrogen-bond donors (Lipinski definition) is 0. The number of carbonyl (C=O) groups excluding carboxylic acids is 1. The second-order valence-corrected chi connectivity index (χ2v) is 5.28. The van der Waals surface area contributed by atoms with Gasteiger partial charge in [0.05, 0.1) is 21.1 Å². The van der Waals surface area contributed by atoms with E-state index >= 15 is 0 Å². The van der Waals surface area contributed by atoms with Gasteiger partial charge in [0.15, 0.2) is 0 Å². The lowest BCUT2D eigenvalue weighted by atomic mass is 10.4. The summed E-state index contributed by atoms with van der Waals surface area (Å²) in [6, 6.07) is 0. The molecule has 6 heteroatoms. The molecule has 0 aliphatic rings. The minimum atomic E-state index is -2.73. The predicted octanol–water partition coefficient (Wildman–Crippen LogP) is 1.22. The van der Waals surface area contributed by atoms with E-state index in [1.807, 2.05) is 21.1 Å². The third-order valence-electron chi connectivity index (χ3n) is 1.51. The summed E-state index contributed by atoms with van der Waals surface area (Å²) >= 11 is 0. The Labute approximate surface area is 91.2 Å². The molecule has 0 saturated carbocycles. The molecule has 0 aromatic heterocycles. The lowest BCUT2D eigenvalue weighted by molar-refractivity contribution is -0.870. The molecule has 5 nitrogen and oxygen atoms in total. The molecule has 15 heavy (non-hydrogen) atoms. The standard InChI is InChI=1S/C9H19NO4P/c1-8(2)9(11)14-15(12)13-7-6-10(3,4)5/h15H,1,6-7H2,2-5H3/q+1. The van der Waals surface area contributed by atoms with Gasteiger partial charge in [-0.25, -0.2) is 9.36 Å². The molecule has 0 spiro atoms. The Balaban J connectivity index is 3.77. The molecule has 0 aliphatic carbocycles. The summed E-state index contributed by atoms with van der Waals surface area (Å²) in [5.74, 6) is -0.677. The first-order valence-corrected chi connectivity index (χ1v) is 5.80. The van der Waals surface area contributed by atoms with Crippen LogP contribution in [-0.2, 0) is 18.4 Å². The average molecular weight is 236 g/mol. The van der Waals surface area contributed by atoms with E-state index in [0.717, 1.165) is 0 Å². The van der Waals surface area contributed by atoms with Crippen molar-refractivity contribution in [2.24, 2.45) is 0 Å². The molecule has 1 unspecified atom stereocenters. The molecule has 0 aromatic carbocycles. The smallest absolute Gasteiger partial charge is 0.370 e. The average Bonchev–Trinajstić information content (AvgIpc) is 2.01. The van der Waals surface area contributed by atoms with E-state index in [0.29, 0.717) is 17.6 Å². The molecule has 1 atom stereocenters. The molecule has 0 saturated heterocycles. The lowest BCUT2D eigenvalue weighted by Gasteiger charge is -2.23. The summed E-state index contributed by atoms with van der Waals surface area (Å²) in [5, 5.41) is 0. The maximum absolute atomic E-state index is 11.1. The van der Waals surface area contributed by atoms with Gasteiger partial charge in [-0.3, -0.25) is 4.52 Å². The van der Waals surface area contributed by atoms with Gasteiger partial charge in [-0.05, 0) is 6.92 Å². The van der Waals surface area contributed by atoms with Crippen LogP contribution in [0.25, 0.3) is 0 Å². The van der Waals surface area contributed by atoms with Crippen LogP contribution >= 0.6 is 8.25 Å². The van der Waals surface area contributed by atoms with Crippen LogP contribution < -0.4 is 0 Å². The van der Waals surface area contributed by atoms with E-state index in [9.17, 15) is 9.36 Å². The fraction of sp³-hybridized carbons (Fsp3) is 0.667. The molecule has 0 rings (SSSR count). The van der Waals surface area contributed by atoms with Crippen LogP contribution in [0.4, 0.5) is 0 Å². The first kappa shape index (κ1) is 14.4. The molecule has 0 N–H and O–H groups in total. The second kappa shape index (κ2) is 6.05. The first-order valence-electron chi connectivity index (χ1n) is 4.57. The molecule has 0 amide bonds. The van der Waals surface area contributed by atoms with Crippen LogP contribution in [-0.4, -0.2) is 44.7 Å². The monoisotopic (exact) mass is 236 g/mol. The molecule has 0 bridgehead atoms. The van der Waals surface area contributed by atoms with Crippen molar-refractivity contribution in [2.45, 2.75) is 6.92 Å². The Bertz CT molecular complexity index is 270. The Kier molecular flexibility index (Phi) is 5.80. The van der Waals surface area contributed by atoms with Gasteiger partial charge >= 0.3 is 14.2 Å². The summed E-state index contributed by atoms with van der Waals surface area (Å²) < 4.78 is 21.2. The Morgan fingerprint density at radius 2 is 1.93 bits per heavy atom. The van der Waals surface area contributed by atoms with Gasteiger partial charge < -0.3 is 9.01 Å². The molecule has 0 aromatic rings. The fourth-order valence-electron chi connectivity index (χ4n) is 0.595. The van der Waals surface area contributed by atoms with Gasteiger partial charge in [0.25, 0.3) is 0 Å². The third-order valence-corrected chi connectivity index (χ3v) is 2.30. The maximum atomic E-state index is 11.1. The van der Waals surface area contributed by atoms with E-state index in [-0.39, 0.29) is 5.57 Å². The quantitative estimate of drug-likeness (QED) is 0.395. The molecule has 0 heterocycles. The normalized spacial score (nSPS) is 13.3. The highest BCUT2D eigenvalue weighted by Crippen LogP contribution is 2.24. The minimum absolute atomic E-state index is 0.212. The van der Waals surface area contributed by atoms with E-state index in [1.165, 1.54) is 6.92 Å². The van der Waals surface area contributed by atoms with Gasteiger partial charge in [0, 0.05) is 5.57 Å². The van der Waals surface area contributed by atoms with Crippen LogP contribution in [0.3, 0.4) is 0 Å². The van der Waals surface area contributed by atoms with Gasteiger partial charge in [0.2, 0.25) is 0 Å². The van der Waals surface area contributed by atoms with Crippen molar-refractivity contribution in [1.82, 2.24) is 0 Å². The van der Waals surface area contributed by atoms with Crippen molar-refractivity contribution in [3.63, 3.8) is 0 Å². The van der Waals surface area contributed by atoms with Crippen molar-refractivity contribution in [1.29, 1.82) is 0 Å². The lowest BCUT2D eigenvalue weighted by Crippen LogP contribution is -2.37. The fourth-order valence-corrected chi connectivity index (χ4v) is 1.24. The number of quaternary nitrogens is 1. The maximum Gasteiger partial charge on any atom is 0.370 e. The van der Waals surface area contributed by atoms with Crippen LogP contribution in [0.1, 0.15) is 6.92 Å². The number of hydrogen-bond acceptors (Lipinski definition) is 4. The van der Waals surface area contributed by atoms with Gasteiger partial charge in [-0.2, -0.15) is 0 Å². The number of nitrogens with zero attached hydrogens (tertiary/aromatic N) is 1. The zero-order valence-electron chi connectivity index (χ0n) is 9.70. The largest absolute Gasteiger partial charge is 0.390 e. The summed E-state index contributed by atoms with van der Waals surface area (Å²) in [5.41, 5.74) is 0.212. The Morgan fingerprint density at radius 3 is 2.33 bits per heavy atom. The topological polar surface area (TPSA) is 52.6 Å². The van der Waals surface area contributed by atoms with E-state index < -0.39 is 14.2 Å². The number of likely N-dealkylation sites (N-methyl/N-ethyl adjacent to an activating group) is 1. The highest BCUT2D eigenvalue weighted by molar-refractivity contribution is 7.34. The van der Waals surface area contributed by atoms with Gasteiger partial charge in [-0.15, -0.1) is 0 Å². The van der Waals surface area contributed by atoms with Crippen LogP contribution in [0.15, 0.2) is 12.2 Å². The Morgan fingerprint density at radius 1 is 1.40 bits per heavy atom. The van der Waals surface area contributed by atoms with Crippen molar-refractivity contribution in [3.8, 4) is 0 Å². The van der Waals surface area contributed by atoms with Crippen LogP contribution in [0.5, 0.6) is 0 Å². The third kappa shape index (κ3) is 8.36. The molecular weight excluding hydrogens is 217 g/mol. The number of rotatable bonds is 6. The van der Waals surface area contributed by atoms with Crippen molar-refractivity contribution in [3.05, 3.63) is 12.2 Å². The summed E-state index contributed by atoms with van der Waals surface area (Å²) in [7, 11) is 3.23. The highest BCUT2D eigenvalue weighted by atomic mass is 31.1. The molecule has 0 aliphatic heterocycles. The second-order valence-electron chi connectivity index (χ2n) is 4.28. The predicted molar refractivity (Wildman–Crippen MR) is 58.8 cm³/mol. The minimum Gasteiger partial charge on any atom is -0.390 e. The van der Waals surface area contributed by atoms with Crippen LogP contribution in [0.2, 0.25) is 0 Å². The van der Waals surface area contributed by atoms with E-state index in [2.05, 4.69) is 11.1 Å². The SMILES string of the molecule is C=C(C)C(=O)O[PH](=O)OCC[N+](C)(C)C. The van der Waals surface area contributed by atoms with E-state index in [1.54, 1.807) is 0 Å². The zero-order chi connectivity index (χ0) is 12.1. The molecule has 88 valence electrons. The highest BCUT2D eigenvalue weighted by Gasteiger charge is 2.11. The molecule has 0 fully saturated rings. The first-order chi connectivity index (χ1) is 6.72. The van der Waals surface area contributed by atoms with Crippen molar-refractivity contribution in [2.75, 3.05) is 34.3 Å². The van der Waals surface area contributed by atoms with Crippen molar-refractivity contribution >= 4 is 14.2 Å². The summed E-state index contributed by atoms with van der Waals surface area (Å²) in [6.45, 7) is 5.85. The van der Waals surface area contributed by atoms with Crippen molar-refractivity contribution < 1.29 is 22.9 Å². The zero-order valence-corrected chi connectivity index (χ0v) is 10.7. The molecule has 0 radical (unpaired) electrons. The Hall–Kier alpha value is -0.640. The van der Waals surface area contributed by atoms with Gasteiger partial charge in [-0.1, -0.05) is 6.58 Å². The van der Waals surface area contributed by atoms with Crippen LogP contribution in [0, 0.1) is 0 Å². The van der Waals surface area contributed by atoms with E-state index in [4.69, 9.17) is 4.52 Å². The number of carbonyl (C=O) groups is 1. The van der Waals surface area contributed by atoms with Gasteiger partial charge in [0.1, 0.15) is 13.2 Å².